The van der Waals surface area contributed by atoms with Crippen LogP contribution in [0.1, 0.15) is 29.4 Å². The van der Waals surface area contributed by atoms with Gasteiger partial charge in [-0.1, -0.05) is 0 Å². The van der Waals surface area contributed by atoms with Crippen LogP contribution in [-0.4, -0.2) is 13.2 Å². The van der Waals surface area contributed by atoms with Crippen molar-refractivity contribution in [2.45, 2.75) is 25.4 Å². The number of nitrogens with two attached hydrogens (primary N) is 1. The summed E-state index contributed by atoms with van der Waals surface area (Å²) in [4.78, 5) is 1.35. The quantitative estimate of drug-likeness (QED) is 0.748. The first-order valence-corrected chi connectivity index (χ1v) is 5.67. The van der Waals surface area contributed by atoms with Gasteiger partial charge in [-0.05, 0) is 36.3 Å². The van der Waals surface area contributed by atoms with Crippen molar-refractivity contribution < 1.29 is 4.74 Å². The zero-order chi connectivity index (χ0) is 9.10. The predicted molar refractivity (Wildman–Crippen MR) is 55.0 cm³/mol. The summed E-state index contributed by atoms with van der Waals surface area (Å²) in [7, 11) is 0. The van der Waals surface area contributed by atoms with Gasteiger partial charge in [0.15, 0.2) is 0 Å². The fourth-order valence-corrected chi connectivity index (χ4v) is 2.75. The molecule has 72 valence electrons. The highest BCUT2D eigenvalue weighted by molar-refractivity contribution is 7.10. The molecule has 0 saturated heterocycles. The van der Waals surface area contributed by atoms with Gasteiger partial charge in [-0.15, -0.1) is 11.3 Å². The van der Waals surface area contributed by atoms with Crippen LogP contribution in [0.3, 0.4) is 0 Å². The number of thiophene rings is 1. The Morgan fingerprint density at radius 1 is 1.54 bits per heavy atom. The molecular weight excluding hydrogens is 182 g/mol. The van der Waals surface area contributed by atoms with Crippen LogP contribution in [0.15, 0.2) is 11.4 Å². The van der Waals surface area contributed by atoms with Crippen molar-refractivity contribution in [1.29, 1.82) is 0 Å². The second-order valence-electron chi connectivity index (χ2n) is 3.36. The molecule has 1 aliphatic heterocycles. The van der Waals surface area contributed by atoms with E-state index >= 15 is 0 Å². The first-order valence-electron chi connectivity index (χ1n) is 4.79. The topological polar surface area (TPSA) is 35.2 Å². The van der Waals surface area contributed by atoms with Crippen molar-refractivity contribution >= 4 is 11.3 Å². The average molecular weight is 197 g/mol. The van der Waals surface area contributed by atoms with Gasteiger partial charge in [-0.3, -0.25) is 0 Å². The van der Waals surface area contributed by atoms with Gasteiger partial charge in [-0.2, -0.15) is 0 Å². The number of hydrogen-bond donors (Lipinski definition) is 1. The molecule has 1 atom stereocenters. The summed E-state index contributed by atoms with van der Waals surface area (Å²) in [5.74, 6) is 0. The first kappa shape index (κ1) is 9.19. The Balaban J connectivity index is 2.24. The molecule has 0 amide bonds. The smallest absolute Gasteiger partial charge is 0.104 e. The van der Waals surface area contributed by atoms with E-state index in [1.54, 1.807) is 11.3 Å². The number of rotatable bonds is 1. The van der Waals surface area contributed by atoms with Crippen LogP contribution in [0.4, 0.5) is 0 Å². The molecule has 3 heteroatoms. The molecule has 1 aliphatic rings. The van der Waals surface area contributed by atoms with Crippen LogP contribution in [0, 0.1) is 0 Å². The van der Waals surface area contributed by atoms with Crippen LogP contribution >= 0.6 is 11.3 Å². The largest absolute Gasteiger partial charge is 0.371 e. The van der Waals surface area contributed by atoms with Crippen molar-refractivity contribution in [3.05, 3.63) is 21.9 Å². The molecule has 2 rings (SSSR count). The van der Waals surface area contributed by atoms with Gasteiger partial charge in [0.25, 0.3) is 0 Å². The van der Waals surface area contributed by atoms with E-state index in [2.05, 4.69) is 11.4 Å². The molecule has 1 unspecified atom stereocenters. The number of ether oxygens (including phenoxy) is 1. The Bertz CT molecular complexity index is 272. The maximum absolute atomic E-state index is 5.70. The highest BCUT2D eigenvalue weighted by Gasteiger charge is 2.17. The third kappa shape index (κ3) is 1.93. The molecule has 2 heterocycles. The predicted octanol–water partition coefficient (Wildman–Crippen LogP) is 2.10. The van der Waals surface area contributed by atoms with E-state index in [0.717, 1.165) is 13.0 Å². The number of fused-ring (bicyclic) bond motifs is 1. The van der Waals surface area contributed by atoms with Gasteiger partial charge in [-0.25, -0.2) is 0 Å². The molecule has 0 saturated carbocycles. The molecule has 0 fully saturated rings. The summed E-state index contributed by atoms with van der Waals surface area (Å²) >= 11 is 1.78. The average Bonchev–Trinajstić information content (AvgIpc) is 2.53. The van der Waals surface area contributed by atoms with Gasteiger partial charge < -0.3 is 10.5 Å². The summed E-state index contributed by atoms with van der Waals surface area (Å²) in [6.07, 6.45) is 3.74. The maximum Gasteiger partial charge on any atom is 0.104 e. The summed E-state index contributed by atoms with van der Waals surface area (Å²) in [6, 6.07) is 2.21. The fourth-order valence-electron chi connectivity index (χ4n) is 1.73. The molecule has 1 aromatic heterocycles. The van der Waals surface area contributed by atoms with E-state index in [0.29, 0.717) is 6.54 Å². The monoisotopic (exact) mass is 197 g/mol. The summed E-state index contributed by atoms with van der Waals surface area (Å²) in [5.41, 5.74) is 7.12. The lowest BCUT2D eigenvalue weighted by Gasteiger charge is -2.19. The van der Waals surface area contributed by atoms with E-state index < -0.39 is 0 Å². The van der Waals surface area contributed by atoms with Crippen molar-refractivity contribution in [2.75, 3.05) is 13.2 Å². The highest BCUT2D eigenvalue weighted by Crippen LogP contribution is 2.29. The van der Waals surface area contributed by atoms with Crippen molar-refractivity contribution in [2.24, 2.45) is 5.73 Å². The molecule has 0 aromatic carbocycles. The lowest BCUT2D eigenvalue weighted by molar-refractivity contribution is 0.0550. The minimum atomic E-state index is 0.148. The van der Waals surface area contributed by atoms with Crippen LogP contribution in [0.5, 0.6) is 0 Å². The molecule has 2 N–H and O–H groups in total. The summed E-state index contributed by atoms with van der Waals surface area (Å²) in [6.45, 7) is 1.47. The molecule has 0 radical (unpaired) electrons. The normalized spacial score (nSPS) is 23.3. The van der Waals surface area contributed by atoms with Gasteiger partial charge in [0.1, 0.15) is 6.10 Å². The Kier molecular flexibility index (Phi) is 2.98. The van der Waals surface area contributed by atoms with E-state index in [9.17, 15) is 0 Å². The van der Waals surface area contributed by atoms with Crippen molar-refractivity contribution in [3.8, 4) is 0 Å². The third-order valence-electron chi connectivity index (χ3n) is 2.45. The van der Waals surface area contributed by atoms with Crippen LogP contribution in [-0.2, 0) is 11.2 Å². The highest BCUT2D eigenvalue weighted by atomic mass is 32.1. The molecule has 0 spiro atoms. The van der Waals surface area contributed by atoms with Gasteiger partial charge in [0.2, 0.25) is 0 Å². The van der Waals surface area contributed by atoms with E-state index in [1.807, 2.05) is 0 Å². The van der Waals surface area contributed by atoms with Gasteiger partial charge in [0, 0.05) is 18.0 Å². The standard InChI is InChI=1S/C10H15NOS/c11-7-9-10-8(4-6-13-10)3-1-2-5-12-9/h4,6,9H,1-3,5,7,11H2. The Hall–Kier alpha value is -0.380. The van der Waals surface area contributed by atoms with Gasteiger partial charge >= 0.3 is 0 Å². The molecule has 1 aromatic rings. The third-order valence-corrected chi connectivity index (χ3v) is 3.50. The summed E-state index contributed by atoms with van der Waals surface area (Å²) < 4.78 is 5.70. The molecule has 13 heavy (non-hydrogen) atoms. The number of hydrogen-bond acceptors (Lipinski definition) is 3. The lowest BCUT2D eigenvalue weighted by Crippen LogP contribution is -2.18. The van der Waals surface area contributed by atoms with Crippen LogP contribution in [0.2, 0.25) is 0 Å². The lowest BCUT2D eigenvalue weighted by atomic mass is 10.1. The van der Waals surface area contributed by atoms with E-state index in [4.69, 9.17) is 10.5 Å². The van der Waals surface area contributed by atoms with Crippen molar-refractivity contribution in [3.63, 3.8) is 0 Å². The van der Waals surface area contributed by atoms with Gasteiger partial charge in [0.05, 0.1) is 0 Å². The Morgan fingerprint density at radius 3 is 3.31 bits per heavy atom. The Morgan fingerprint density at radius 2 is 2.46 bits per heavy atom. The summed E-state index contributed by atoms with van der Waals surface area (Å²) in [5, 5.41) is 2.14. The van der Waals surface area contributed by atoms with E-state index in [-0.39, 0.29) is 6.10 Å². The minimum absolute atomic E-state index is 0.148. The zero-order valence-corrected chi connectivity index (χ0v) is 8.48. The minimum Gasteiger partial charge on any atom is -0.371 e. The first-order chi connectivity index (χ1) is 6.42. The second-order valence-corrected chi connectivity index (χ2v) is 4.31. The van der Waals surface area contributed by atoms with Crippen LogP contribution in [0.25, 0.3) is 0 Å². The van der Waals surface area contributed by atoms with Crippen molar-refractivity contribution in [1.82, 2.24) is 0 Å². The Labute approximate surface area is 82.7 Å². The number of aryl methyl sites for hydroxylation is 1. The molecule has 2 nitrogen and oxygen atoms in total. The second kappa shape index (κ2) is 4.22. The maximum atomic E-state index is 5.70. The SMILES string of the molecule is NCC1OCCCCc2ccsc21. The van der Waals surface area contributed by atoms with E-state index in [1.165, 1.54) is 23.3 Å². The molecule has 0 bridgehead atoms. The van der Waals surface area contributed by atoms with Crippen LogP contribution < -0.4 is 5.73 Å². The molecular formula is C10H15NOS. The fraction of sp³-hybridized carbons (Fsp3) is 0.600. The molecule has 0 aliphatic carbocycles. The zero-order valence-electron chi connectivity index (χ0n) is 7.66.